The monoisotopic (exact) mass is 352 g/mol. The average molecular weight is 353 g/mol. The molecule has 1 saturated carbocycles. The summed E-state index contributed by atoms with van der Waals surface area (Å²) < 4.78 is 6.24. The third-order valence-corrected chi connectivity index (χ3v) is 5.00. The van der Waals surface area contributed by atoms with E-state index in [2.05, 4.69) is 15.9 Å². The minimum atomic E-state index is -1.01. The number of Topliss-reactive ketones (excluding diaryl/α,β-unsaturated/α-hetero) is 1. The number of ether oxygens (including phenoxy) is 1. The van der Waals surface area contributed by atoms with Crippen molar-refractivity contribution in [3.05, 3.63) is 34.3 Å². The molecule has 4 heteroatoms. The van der Waals surface area contributed by atoms with Gasteiger partial charge in [0, 0.05) is 16.8 Å². The number of carbonyl (C=O) groups is 2. The van der Waals surface area contributed by atoms with Crippen LogP contribution in [-0.4, -0.2) is 18.4 Å². The molecular weight excluding hydrogens is 332 g/mol. The Bertz CT molecular complexity index is 523. The van der Waals surface area contributed by atoms with E-state index in [9.17, 15) is 9.59 Å². The number of benzene rings is 1. The van der Waals surface area contributed by atoms with Crippen LogP contribution in [0.25, 0.3) is 0 Å². The molecule has 2 atom stereocenters. The molecule has 0 heterocycles. The lowest BCUT2D eigenvalue weighted by Gasteiger charge is -2.38. The third-order valence-electron chi connectivity index (χ3n) is 4.47. The van der Waals surface area contributed by atoms with E-state index in [1.54, 1.807) is 6.92 Å². The van der Waals surface area contributed by atoms with Gasteiger partial charge in [-0.3, -0.25) is 9.59 Å². The highest BCUT2D eigenvalue weighted by Crippen LogP contribution is 2.46. The van der Waals surface area contributed by atoms with Crippen molar-refractivity contribution in [3.8, 4) is 0 Å². The molecule has 0 saturated heterocycles. The van der Waals surface area contributed by atoms with Crippen molar-refractivity contribution in [1.82, 2.24) is 0 Å². The highest BCUT2D eigenvalue weighted by Gasteiger charge is 2.52. The summed E-state index contributed by atoms with van der Waals surface area (Å²) in [5, 5.41) is 0. The summed E-state index contributed by atoms with van der Waals surface area (Å²) in [7, 11) is 0. The molecule has 1 fully saturated rings. The lowest BCUT2D eigenvalue weighted by atomic mass is 9.63. The zero-order valence-corrected chi connectivity index (χ0v) is 14.1. The molecule has 3 nitrogen and oxygen atoms in total. The van der Waals surface area contributed by atoms with E-state index in [1.165, 1.54) is 0 Å². The van der Waals surface area contributed by atoms with Crippen molar-refractivity contribution in [3.63, 3.8) is 0 Å². The van der Waals surface area contributed by atoms with Crippen molar-refractivity contribution >= 4 is 27.7 Å². The Kier molecular flexibility index (Phi) is 5.20. The van der Waals surface area contributed by atoms with Gasteiger partial charge >= 0.3 is 5.97 Å². The van der Waals surface area contributed by atoms with Gasteiger partial charge in [0.25, 0.3) is 0 Å². The van der Waals surface area contributed by atoms with Crippen molar-refractivity contribution in [2.24, 2.45) is 5.41 Å². The largest absolute Gasteiger partial charge is 0.465 e. The molecule has 1 aromatic carbocycles. The predicted octanol–water partition coefficient (Wildman–Crippen LogP) is 4.25. The van der Waals surface area contributed by atoms with Gasteiger partial charge in [-0.2, -0.15) is 0 Å². The van der Waals surface area contributed by atoms with Crippen molar-refractivity contribution < 1.29 is 14.3 Å². The number of halogens is 1. The predicted molar refractivity (Wildman–Crippen MR) is 85.1 cm³/mol. The van der Waals surface area contributed by atoms with E-state index < -0.39 is 5.41 Å². The first kappa shape index (κ1) is 16.2. The first-order chi connectivity index (χ1) is 10.0. The number of carbonyl (C=O) groups excluding carboxylic acids is 2. The number of rotatable bonds is 4. The lowest BCUT2D eigenvalue weighted by Crippen LogP contribution is -2.46. The van der Waals surface area contributed by atoms with Gasteiger partial charge in [-0.05, 0) is 37.5 Å². The Morgan fingerprint density at radius 3 is 2.57 bits per heavy atom. The number of esters is 1. The van der Waals surface area contributed by atoms with Crippen LogP contribution in [-0.2, 0) is 14.3 Å². The van der Waals surface area contributed by atoms with Crippen LogP contribution in [0, 0.1) is 5.41 Å². The fourth-order valence-corrected chi connectivity index (χ4v) is 3.46. The van der Waals surface area contributed by atoms with Gasteiger partial charge in [-0.15, -0.1) is 0 Å². The molecule has 0 radical (unpaired) electrons. The summed E-state index contributed by atoms with van der Waals surface area (Å²) in [5.41, 5.74) is -0.0104. The Morgan fingerprint density at radius 2 is 2.00 bits per heavy atom. The molecule has 0 aromatic heterocycles. The first-order valence-electron chi connectivity index (χ1n) is 7.48. The molecule has 0 bridgehead atoms. The maximum absolute atomic E-state index is 12.6. The van der Waals surface area contributed by atoms with Gasteiger partial charge in [0.15, 0.2) is 5.78 Å². The Labute approximate surface area is 134 Å². The Balaban J connectivity index is 2.41. The van der Waals surface area contributed by atoms with Crippen LogP contribution in [0.4, 0.5) is 0 Å². The second kappa shape index (κ2) is 6.73. The van der Waals surface area contributed by atoms with E-state index in [1.807, 2.05) is 31.2 Å². The molecular formula is C17H21BrO3. The lowest BCUT2D eigenvalue weighted by molar-refractivity contribution is -0.164. The minimum Gasteiger partial charge on any atom is -0.465 e. The normalized spacial score (nSPS) is 23.7. The fraction of sp³-hybridized carbons (Fsp3) is 0.529. The summed E-state index contributed by atoms with van der Waals surface area (Å²) in [6.45, 7) is 4.05. The molecule has 0 aliphatic heterocycles. The average Bonchev–Trinajstić information content (AvgIpc) is 2.48. The van der Waals surface area contributed by atoms with Gasteiger partial charge in [-0.1, -0.05) is 41.4 Å². The van der Waals surface area contributed by atoms with Gasteiger partial charge in [0.1, 0.15) is 5.41 Å². The SMILES string of the molecule is CCOC(=O)C1(C(C)c2ccc(Br)cc2)CCCCC1=O. The summed E-state index contributed by atoms with van der Waals surface area (Å²) in [6, 6.07) is 7.82. The molecule has 0 N–H and O–H groups in total. The van der Waals surface area contributed by atoms with E-state index >= 15 is 0 Å². The van der Waals surface area contributed by atoms with Crippen LogP contribution in [0.1, 0.15) is 51.0 Å². The van der Waals surface area contributed by atoms with Crippen LogP contribution >= 0.6 is 15.9 Å². The van der Waals surface area contributed by atoms with E-state index in [-0.39, 0.29) is 17.7 Å². The molecule has 114 valence electrons. The van der Waals surface area contributed by atoms with Crippen LogP contribution in [0.5, 0.6) is 0 Å². The van der Waals surface area contributed by atoms with Crippen LogP contribution in [0.3, 0.4) is 0 Å². The Hall–Kier alpha value is -1.16. The molecule has 2 unspecified atom stereocenters. The second-order valence-corrected chi connectivity index (χ2v) is 6.51. The van der Waals surface area contributed by atoms with Crippen molar-refractivity contribution in [2.75, 3.05) is 6.61 Å². The van der Waals surface area contributed by atoms with Gasteiger partial charge in [0.2, 0.25) is 0 Å². The van der Waals surface area contributed by atoms with Crippen molar-refractivity contribution in [2.45, 2.75) is 45.4 Å². The standard InChI is InChI=1S/C17H21BrO3/c1-3-21-16(20)17(11-5-4-6-15(17)19)12(2)13-7-9-14(18)10-8-13/h7-10,12H,3-6,11H2,1-2H3. The first-order valence-corrected chi connectivity index (χ1v) is 8.27. The summed E-state index contributed by atoms with van der Waals surface area (Å²) >= 11 is 3.41. The van der Waals surface area contributed by atoms with E-state index in [4.69, 9.17) is 4.74 Å². The summed E-state index contributed by atoms with van der Waals surface area (Å²) in [6.07, 6.45) is 2.82. The third kappa shape index (κ3) is 3.05. The Morgan fingerprint density at radius 1 is 1.33 bits per heavy atom. The topological polar surface area (TPSA) is 43.4 Å². The highest BCUT2D eigenvalue weighted by molar-refractivity contribution is 9.10. The van der Waals surface area contributed by atoms with Crippen LogP contribution in [0.15, 0.2) is 28.7 Å². The van der Waals surface area contributed by atoms with Crippen LogP contribution in [0.2, 0.25) is 0 Å². The van der Waals surface area contributed by atoms with E-state index in [0.717, 1.165) is 22.9 Å². The molecule has 1 aromatic rings. The molecule has 1 aliphatic carbocycles. The fourth-order valence-electron chi connectivity index (χ4n) is 3.20. The quantitative estimate of drug-likeness (QED) is 0.601. The van der Waals surface area contributed by atoms with Crippen LogP contribution < -0.4 is 0 Å². The summed E-state index contributed by atoms with van der Waals surface area (Å²) in [5.74, 6) is -0.495. The van der Waals surface area contributed by atoms with Gasteiger partial charge < -0.3 is 4.74 Å². The van der Waals surface area contributed by atoms with Crippen molar-refractivity contribution in [1.29, 1.82) is 0 Å². The number of hydrogen-bond acceptors (Lipinski definition) is 3. The molecule has 2 rings (SSSR count). The molecule has 21 heavy (non-hydrogen) atoms. The van der Waals surface area contributed by atoms with Gasteiger partial charge in [-0.25, -0.2) is 0 Å². The molecule has 0 amide bonds. The number of hydrogen-bond donors (Lipinski definition) is 0. The highest BCUT2D eigenvalue weighted by atomic mass is 79.9. The smallest absolute Gasteiger partial charge is 0.320 e. The molecule has 0 spiro atoms. The minimum absolute atomic E-state index is 0.0302. The molecule has 1 aliphatic rings. The maximum Gasteiger partial charge on any atom is 0.320 e. The number of ketones is 1. The van der Waals surface area contributed by atoms with Gasteiger partial charge in [0.05, 0.1) is 6.61 Å². The maximum atomic E-state index is 12.6. The second-order valence-electron chi connectivity index (χ2n) is 5.60. The van der Waals surface area contributed by atoms with E-state index in [0.29, 0.717) is 19.4 Å². The zero-order chi connectivity index (χ0) is 15.5. The summed E-state index contributed by atoms with van der Waals surface area (Å²) in [4.78, 5) is 25.2. The zero-order valence-electron chi connectivity index (χ0n) is 12.5.